The van der Waals surface area contributed by atoms with E-state index in [9.17, 15) is 4.79 Å². The molecule has 2 rings (SSSR count). The van der Waals surface area contributed by atoms with Crippen LogP contribution in [0.15, 0.2) is 11.4 Å². The van der Waals surface area contributed by atoms with Gasteiger partial charge in [-0.1, -0.05) is 13.8 Å². The molecule has 2 heteroatoms. The zero-order valence-corrected chi connectivity index (χ0v) is 9.07. The van der Waals surface area contributed by atoms with Crippen LogP contribution in [0.5, 0.6) is 0 Å². The molecule has 1 aromatic heterocycles. The quantitative estimate of drug-likeness (QED) is 0.660. The molecule has 1 aromatic rings. The van der Waals surface area contributed by atoms with E-state index in [4.69, 9.17) is 0 Å². The Balaban J connectivity index is 2.16. The van der Waals surface area contributed by atoms with Crippen molar-refractivity contribution in [3.05, 3.63) is 21.9 Å². The monoisotopic (exact) mass is 194 g/mol. The van der Waals surface area contributed by atoms with Crippen LogP contribution in [0.3, 0.4) is 0 Å². The molecule has 1 unspecified atom stereocenters. The molecule has 0 aliphatic heterocycles. The highest BCUT2D eigenvalue weighted by atomic mass is 32.1. The van der Waals surface area contributed by atoms with E-state index in [0.717, 1.165) is 12.0 Å². The molecule has 13 heavy (non-hydrogen) atoms. The van der Waals surface area contributed by atoms with Gasteiger partial charge in [-0.3, -0.25) is 4.79 Å². The first-order valence-electron chi connectivity index (χ1n) is 4.60. The summed E-state index contributed by atoms with van der Waals surface area (Å²) in [5.41, 5.74) is 1.17. The Kier molecular flexibility index (Phi) is 1.84. The summed E-state index contributed by atoms with van der Waals surface area (Å²) in [4.78, 5) is 13.1. The summed E-state index contributed by atoms with van der Waals surface area (Å²) in [6.07, 6.45) is 1.06. The predicted molar refractivity (Wildman–Crippen MR) is 55.3 cm³/mol. The summed E-state index contributed by atoms with van der Waals surface area (Å²) in [7, 11) is 0. The Morgan fingerprint density at radius 3 is 2.62 bits per heavy atom. The molecule has 0 amide bonds. The average molecular weight is 194 g/mol. The van der Waals surface area contributed by atoms with Gasteiger partial charge in [-0.15, -0.1) is 11.3 Å². The van der Waals surface area contributed by atoms with Crippen molar-refractivity contribution in [1.82, 2.24) is 0 Å². The molecule has 0 aromatic carbocycles. The third kappa shape index (κ3) is 1.55. The van der Waals surface area contributed by atoms with E-state index < -0.39 is 0 Å². The highest BCUT2D eigenvalue weighted by Gasteiger charge is 2.50. The fourth-order valence-electron chi connectivity index (χ4n) is 1.69. The van der Waals surface area contributed by atoms with Crippen LogP contribution in [-0.4, -0.2) is 5.78 Å². The molecule has 1 fully saturated rings. The summed E-state index contributed by atoms with van der Waals surface area (Å²) >= 11 is 1.66. The first kappa shape index (κ1) is 8.95. The minimum Gasteiger partial charge on any atom is -0.294 e. The van der Waals surface area contributed by atoms with Crippen LogP contribution in [0, 0.1) is 18.3 Å². The molecule has 1 heterocycles. The van der Waals surface area contributed by atoms with Crippen molar-refractivity contribution < 1.29 is 4.79 Å². The molecule has 0 N–H and O–H groups in total. The van der Waals surface area contributed by atoms with Crippen LogP contribution in [-0.2, 0) is 0 Å². The lowest BCUT2D eigenvalue weighted by atomic mass is 10.0. The van der Waals surface area contributed by atoms with Crippen LogP contribution >= 0.6 is 11.3 Å². The van der Waals surface area contributed by atoms with Crippen LogP contribution in [0.25, 0.3) is 0 Å². The van der Waals surface area contributed by atoms with Crippen molar-refractivity contribution in [1.29, 1.82) is 0 Å². The van der Waals surface area contributed by atoms with Crippen molar-refractivity contribution in [2.45, 2.75) is 27.2 Å². The summed E-state index contributed by atoms with van der Waals surface area (Å²) in [6, 6.07) is 2.00. The third-order valence-electron chi connectivity index (χ3n) is 2.84. The SMILES string of the molecule is Cc1cc(C(=O)C2CC2(C)C)cs1. The lowest BCUT2D eigenvalue weighted by Crippen LogP contribution is -2.04. The van der Waals surface area contributed by atoms with Gasteiger partial charge in [-0.25, -0.2) is 0 Å². The van der Waals surface area contributed by atoms with Gasteiger partial charge in [-0.2, -0.15) is 0 Å². The average Bonchev–Trinajstić information content (AvgIpc) is 2.47. The molecule has 1 nitrogen and oxygen atoms in total. The van der Waals surface area contributed by atoms with Crippen molar-refractivity contribution >= 4 is 17.1 Å². The molecule has 1 atom stereocenters. The van der Waals surface area contributed by atoms with E-state index >= 15 is 0 Å². The normalized spacial score (nSPS) is 24.4. The van der Waals surface area contributed by atoms with E-state index in [1.54, 1.807) is 11.3 Å². The predicted octanol–water partition coefficient (Wildman–Crippen LogP) is 3.29. The van der Waals surface area contributed by atoms with Crippen LogP contribution in [0.2, 0.25) is 0 Å². The van der Waals surface area contributed by atoms with Gasteiger partial charge in [0, 0.05) is 21.7 Å². The Morgan fingerprint density at radius 2 is 2.23 bits per heavy atom. The van der Waals surface area contributed by atoms with Gasteiger partial charge in [-0.05, 0) is 24.8 Å². The summed E-state index contributed by atoms with van der Waals surface area (Å²) in [5, 5.41) is 1.98. The van der Waals surface area contributed by atoms with Crippen LogP contribution < -0.4 is 0 Å². The second kappa shape index (κ2) is 2.68. The van der Waals surface area contributed by atoms with E-state index in [1.165, 1.54) is 4.88 Å². The number of hydrogen-bond acceptors (Lipinski definition) is 2. The van der Waals surface area contributed by atoms with Crippen molar-refractivity contribution in [3.8, 4) is 0 Å². The molecule has 0 spiro atoms. The number of thiophene rings is 1. The number of rotatable bonds is 2. The van der Waals surface area contributed by atoms with Crippen molar-refractivity contribution in [2.75, 3.05) is 0 Å². The smallest absolute Gasteiger partial charge is 0.167 e. The number of carbonyl (C=O) groups is 1. The van der Waals surface area contributed by atoms with Gasteiger partial charge in [0.2, 0.25) is 0 Å². The van der Waals surface area contributed by atoms with Crippen LogP contribution in [0.4, 0.5) is 0 Å². The Morgan fingerprint density at radius 1 is 1.62 bits per heavy atom. The maximum atomic E-state index is 11.8. The molecular formula is C11H14OS. The largest absolute Gasteiger partial charge is 0.294 e. The van der Waals surface area contributed by atoms with E-state index in [1.807, 2.05) is 18.4 Å². The number of ketones is 1. The topological polar surface area (TPSA) is 17.1 Å². The van der Waals surface area contributed by atoms with Crippen molar-refractivity contribution in [2.24, 2.45) is 11.3 Å². The standard InChI is InChI=1S/C11H14OS/c1-7-4-8(6-13-7)10(12)9-5-11(9,2)3/h4,6,9H,5H2,1-3H3. The maximum Gasteiger partial charge on any atom is 0.167 e. The molecule has 1 aliphatic rings. The molecule has 0 radical (unpaired) electrons. The van der Waals surface area contributed by atoms with E-state index in [2.05, 4.69) is 13.8 Å². The summed E-state index contributed by atoms with van der Waals surface area (Å²) in [6.45, 7) is 6.36. The molecule has 0 saturated heterocycles. The Hall–Kier alpha value is -0.630. The van der Waals surface area contributed by atoms with Crippen molar-refractivity contribution in [3.63, 3.8) is 0 Å². The maximum absolute atomic E-state index is 11.8. The van der Waals surface area contributed by atoms with Gasteiger partial charge in [0.15, 0.2) is 5.78 Å². The number of aryl methyl sites for hydroxylation is 1. The summed E-state index contributed by atoms with van der Waals surface area (Å²) in [5.74, 6) is 0.621. The second-order valence-corrected chi connectivity index (χ2v) is 5.67. The van der Waals surface area contributed by atoms with Gasteiger partial charge in [0.1, 0.15) is 0 Å². The molecule has 0 bridgehead atoms. The number of hydrogen-bond donors (Lipinski definition) is 0. The molecule has 1 aliphatic carbocycles. The number of carbonyl (C=O) groups excluding carboxylic acids is 1. The van der Waals surface area contributed by atoms with Gasteiger partial charge in [0.05, 0.1) is 0 Å². The molecule has 70 valence electrons. The lowest BCUT2D eigenvalue weighted by molar-refractivity contribution is 0.0953. The van der Waals surface area contributed by atoms with Gasteiger partial charge in [0.25, 0.3) is 0 Å². The first-order valence-corrected chi connectivity index (χ1v) is 5.48. The second-order valence-electron chi connectivity index (χ2n) is 4.56. The zero-order chi connectivity index (χ0) is 9.64. The highest BCUT2D eigenvalue weighted by molar-refractivity contribution is 7.10. The summed E-state index contributed by atoms with van der Waals surface area (Å²) < 4.78 is 0. The molecular weight excluding hydrogens is 180 g/mol. The Labute approximate surface area is 82.8 Å². The minimum absolute atomic E-state index is 0.257. The first-order chi connectivity index (χ1) is 6.00. The van der Waals surface area contributed by atoms with Crippen LogP contribution in [0.1, 0.15) is 35.5 Å². The van der Waals surface area contributed by atoms with E-state index in [-0.39, 0.29) is 11.3 Å². The minimum atomic E-state index is 0.257. The fourth-order valence-corrected chi connectivity index (χ4v) is 2.38. The Bertz CT molecular complexity index is 349. The third-order valence-corrected chi connectivity index (χ3v) is 3.71. The molecule has 1 saturated carbocycles. The zero-order valence-electron chi connectivity index (χ0n) is 8.26. The highest BCUT2D eigenvalue weighted by Crippen LogP contribution is 2.53. The van der Waals surface area contributed by atoms with E-state index in [0.29, 0.717) is 5.78 Å². The lowest BCUT2D eigenvalue weighted by Gasteiger charge is -1.99. The number of Topliss-reactive ketones (excluding diaryl/α,β-unsaturated/α-hetero) is 1. The fraction of sp³-hybridized carbons (Fsp3) is 0.545. The van der Waals surface area contributed by atoms with Gasteiger partial charge < -0.3 is 0 Å². The van der Waals surface area contributed by atoms with Gasteiger partial charge >= 0.3 is 0 Å².